The van der Waals surface area contributed by atoms with Crippen LogP contribution in [0.4, 0.5) is 0 Å². The van der Waals surface area contributed by atoms with Crippen LogP contribution in [0, 0.1) is 5.92 Å². The second-order valence-electron chi connectivity index (χ2n) is 8.65. The number of rotatable bonds is 16. The monoisotopic (exact) mass is 412 g/mol. The number of unbranched alkanes of at least 4 members (excludes halogenated alkanes) is 10. The molecule has 0 spiro atoms. The first-order chi connectivity index (χ1) is 14.7. The largest absolute Gasteiger partial charge is 0.423 e. The minimum atomic E-state index is -0.435. The maximum Gasteiger partial charge on any atom is 0.336 e. The van der Waals surface area contributed by atoms with Gasteiger partial charge in [-0.15, -0.1) is 0 Å². The maximum absolute atomic E-state index is 13.5. The Labute approximate surface area is 182 Å². The average Bonchev–Trinajstić information content (AvgIpc) is 2.75. The molecule has 0 radical (unpaired) electrons. The summed E-state index contributed by atoms with van der Waals surface area (Å²) in [7, 11) is 0. The molecule has 0 fully saturated rings. The average molecular weight is 413 g/mol. The van der Waals surface area contributed by atoms with Crippen molar-refractivity contribution in [1.29, 1.82) is 0 Å². The van der Waals surface area contributed by atoms with E-state index in [1.165, 1.54) is 70.3 Å². The summed E-state index contributed by atoms with van der Waals surface area (Å²) in [6, 6.07) is 8.79. The lowest BCUT2D eigenvalue weighted by atomic mass is 9.86. The van der Waals surface area contributed by atoms with Crippen molar-refractivity contribution in [3.05, 3.63) is 46.3 Å². The molecule has 1 heterocycles. The number of carbonyl (C=O) groups excluding carboxylic acids is 1. The van der Waals surface area contributed by atoms with Crippen LogP contribution < -0.4 is 5.63 Å². The fourth-order valence-electron chi connectivity index (χ4n) is 4.28. The summed E-state index contributed by atoms with van der Waals surface area (Å²) < 4.78 is 5.30. The van der Waals surface area contributed by atoms with Crippen LogP contribution in [0.3, 0.4) is 0 Å². The number of carbonyl (C=O) groups is 1. The van der Waals surface area contributed by atoms with Gasteiger partial charge in [0.25, 0.3) is 0 Å². The zero-order chi connectivity index (χ0) is 21.6. The van der Waals surface area contributed by atoms with Crippen molar-refractivity contribution in [2.75, 3.05) is 0 Å². The van der Waals surface area contributed by atoms with Gasteiger partial charge in [-0.05, 0) is 18.9 Å². The molecule has 0 amide bonds. The molecule has 0 aliphatic carbocycles. The molecule has 2 rings (SSSR count). The molecule has 1 aromatic carbocycles. The lowest BCUT2D eigenvalue weighted by molar-refractivity contribution is 0.0903. The minimum absolute atomic E-state index is 0.00700. The molecule has 0 atom stereocenters. The van der Waals surface area contributed by atoms with Crippen molar-refractivity contribution in [2.24, 2.45) is 5.92 Å². The van der Waals surface area contributed by atoms with Gasteiger partial charge in [0, 0.05) is 22.9 Å². The lowest BCUT2D eigenvalue weighted by Crippen LogP contribution is -2.17. The van der Waals surface area contributed by atoms with E-state index in [1.807, 2.05) is 18.2 Å². The van der Waals surface area contributed by atoms with Gasteiger partial charge in [-0.25, -0.2) is 4.79 Å². The molecular formula is C27H40O3. The highest BCUT2D eigenvalue weighted by molar-refractivity contribution is 6.07. The summed E-state index contributed by atoms with van der Waals surface area (Å²) in [5.41, 5.74) is 0.616. The van der Waals surface area contributed by atoms with Crippen LogP contribution in [0.5, 0.6) is 0 Å². The molecule has 2 aromatic rings. The smallest absolute Gasteiger partial charge is 0.336 e. The first kappa shape index (κ1) is 24.4. The van der Waals surface area contributed by atoms with E-state index >= 15 is 0 Å². The van der Waals surface area contributed by atoms with Gasteiger partial charge >= 0.3 is 5.63 Å². The van der Waals surface area contributed by atoms with E-state index in [0.717, 1.165) is 31.1 Å². The molecule has 0 aliphatic heterocycles. The van der Waals surface area contributed by atoms with E-state index < -0.39 is 5.63 Å². The van der Waals surface area contributed by atoms with Gasteiger partial charge in [-0.1, -0.05) is 109 Å². The Bertz CT molecular complexity index is 789. The molecule has 0 bridgehead atoms. The van der Waals surface area contributed by atoms with Crippen LogP contribution in [-0.4, -0.2) is 5.78 Å². The number of fused-ring (bicyclic) bond motifs is 1. The third-order valence-corrected chi connectivity index (χ3v) is 6.10. The summed E-state index contributed by atoms with van der Waals surface area (Å²) in [6.07, 6.45) is 16.6. The van der Waals surface area contributed by atoms with Gasteiger partial charge in [0.05, 0.1) is 0 Å². The van der Waals surface area contributed by atoms with Crippen molar-refractivity contribution in [3.8, 4) is 0 Å². The third-order valence-electron chi connectivity index (χ3n) is 6.10. The second kappa shape index (κ2) is 14.2. The molecule has 1 aromatic heterocycles. The van der Waals surface area contributed by atoms with Crippen LogP contribution in [0.2, 0.25) is 0 Å². The molecule has 0 unspecified atom stereocenters. The molecule has 3 nitrogen and oxygen atoms in total. The van der Waals surface area contributed by atoms with Crippen molar-refractivity contribution >= 4 is 16.8 Å². The number of hydrogen-bond acceptors (Lipinski definition) is 3. The first-order valence-corrected chi connectivity index (χ1v) is 12.2. The Morgan fingerprint density at radius 3 is 1.93 bits per heavy atom. The Kier molecular flexibility index (Phi) is 11.5. The van der Waals surface area contributed by atoms with Gasteiger partial charge < -0.3 is 4.42 Å². The fourth-order valence-corrected chi connectivity index (χ4v) is 4.28. The van der Waals surface area contributed by atoms with Crippen molar-refractivity contribution in [2.45, 2.75) is 104 Å². The fraction of sp³-hybridized carbons (Fsp3) is 0.630. The van der Waals surface area contributed by atoms with E-state index in [4.69, 9.17) is 4.42 Å². The summed E-state index contributed by atoms with van der Waals surface area (Å²) in [4.78, 5) is 25.5. The predicted octanol–water partition coefficient (Wildman–Crippen LogP) is 8.09. The molecule has 30 heavy (non-hydrogen) atoms. The molecule has 0 N–H and O–H groups in total. The van der Waals surface area contributed by atoms with E-state index in [1.54, 1.807) is 6.07 Å². The van der Waals surface area contributed by atoms with Gasteiger partial charge in [0.1, 0.15) is 5.58 Å². The van der Waals surface area contributed by atoms with Crippen LogP contribution >= 0.6 is 0 Å². The topological polar surface area (TPSA) is 47.3 Å². The molecule has 3 heteroatoms. The van der Waals surface area contributed by atoms with Gasteiger partial charge in [-0.2, -0.15) is 0 Å². The van der Waals surface area contributed by atoms with Gasteiger partial charge in [0.15, 0.2) is 5.78 Å². The second-order valence-corrected chi connectivity index (χ2v) is 8.65. The molecule has 166 valence electrons. The van der Waals surface area contributed by atoms with Crippen LogP contribution in [0.1, 0.15) is 114 Å². The predicted molar refractivity (Wildman–Crippen MR) is 126 cm³/mol. The van der Waals surface area contributed by atoms with Crippen LogP contribution in [0.25, 0.3) is 11.0 Å². The number of ketones is 1. The Balaban J connectivity index is 2.04. The standard InChI is InChI=1S/C27H40O3/c1-3-5-7-9-11-13-17-22(18-14-12-10-8-6-4-2)27(29)24-21-26(28)30-25-20-16-15-19-23(24)25/h15-16,19-22H,3-14,17-18H2,1-2H3. The van der Waals surface area contributed by atoms with Crippen molar-refractivity contribution < 1.29 is 9.21 Å². The first-order valence-electron chi connectivity index (χ1n) is 12.2. The summed E-state index contributed by atoms with van der Waals surface area (Å²) in [5, 5.41) is 0.762. The quantitative estimate of drug-likeness (QED) is 0.159. The lowest BCUT2D eigenvalue weighted by Gasteiger charge is -2.17. The minimum Gasteiger partial charge on any atom is -0.423 e. The number of hydrogen-bond donors (Lipinski definition) is 0. The molecule has 0 saturated heterocycles. The Morgan fingerprint density at radius 1 is 0.800 bits per heavy atom. The van der Waals surface area contributed by atoms with Crippen LogP contribution in [0.15, 0.2) is 39.5 Å². The Hall–Kier alpha value is -1.90. The normalized spacial score (nSPS) is 11.4. The highest BCUT2D eigenvalue weighted by atomic mass is 16.4. The summed E-state index contributed by atoms with van der Waals surface area (Å²) in [5.74, 6) is 0.133. The number of Topliss-reactive ketones (excluding diaryl/α,β-unsaturated/α-hetero) is 1. The highest BCUT2D eigenvalue weighted by Crippen LogP contribution is 2.26. The van der Waals surface area contributed by atoms with E-state index in [0.29, 0.717) is 11.1 Å². The van der Waals surface area contributed by atoms with Gasteiger partial charge in [0.2, 0.25) is 0 Å². The SMILES string of the molecule is CCCCCCCCC(CCCCCCCC)C(=O)c1cc(=O)oc2ccccc12. The zero-order valence-corrected chi connectivity index (χ0v) is 19.1. The summed E-state index contributed by atoms with van der Waals surface area (Å²) >= 11 is 0. The summed E-state index contributed by atoms with van der Waals surface area (Å²) in [6.45, 7) is 4.46. The maximum atomic E-state index is 13.5. The van der Waals surface area contributed by atoms with Gasteiger partial charge in [-0.3, -0.25) is 4.79 Å². The highest BCUT2D eigenvalue weighted by Gasteiger charge is 2.22. The molecule has 0 aliphatic rings. The molecule has 0 saturated carbocycles. The number of para-hydroxylation sites is 1. The zero-order valence-electron chi connectivity index (χ0n) is 19.1. The van der Waals surface area contributed by atoms with E-state index in [2.05, 4.69) is 13.8 Å². The van der Waals surface area contributed by atoms with Crippen LogP contribution in [-0.2, 0) is 0 Å². The Morgan fingerprint density at radius 2 is 1.33 bits per heavy atom. The third kappa shape index (κ3) is 8.08. The van der Waals surface area contributed by atoms with Crippen molar-refractivity contribution in [1.82, 2.24) is 0 Å². The molecular weight excluding hydrogens is 372 g/mol. The van der Waals surface area contributed by atoms with E-state index in [-0.39, 0.29) is 11.7 Å². The van der Waals surface area contributed by atoms with E-state index in [9.17, 15) is 9.59 Å². The number of benzene rings is 1. The van der Waals surface area contributed by atoms with Crippen molar-refractivity contribution in [3.63, 3.8) is 0 Å².